The Kier molecular flexibility index (Phi) is 5.27. The van der Waals surface area contributed by atoms with Crippen molar-refractivity contribution in [1.29, 1.82) is 0 Å². The first kappa shape index (κ1) is 14.7. The molecule has 1 aliphatic carbocycles. The molecule has 3 N–H and O–H groups in total. The Morgan fingerprint density at radius 1 is 1.45 bits per heavy atom. The molecule has 0 aliphatic heterocycles. The summed E-state index contributed by atoms with van der Waals surface area (Å²) in [5.74, 6) is -0.0217. The summed E-state index contributed by atoms with van der Waals surface area (Å²) >= 11 is 0. The van der Waals surface area contributed by atoms with Crippen molar-refractivity contribution < 1.29 is 4.79 Å². The number of hydrogen-bond acceptors (Lipinski definition) is 2. The predicted octanol–water partition coefficient (Wildman–Crippen LogP) is 3.10. The molecule has 1 aromatic rings. The summed E-state index contributed by atoms with van der Waals surface area (Å²) in [5, 5.41) is 3.00. The molecule has 0 fully saturated rings. The van der Waals surface area contributed by atoms with Crippen molar-refractivity contribution >= 4 is 11.6 Å². The van der Waals surface area contributed by atoms with Gasteiger partial charge in [-0.25, -0.2) is 0 Å². The third-order valence-electron chi connectivity index (χ3n) is 3.73. The van der Waals surface area contributed by atoms with E-state index in [0.29, 0.717) is 17.9 Å². The number of amides is 1. The lowest BCUT2D eigenvalue weighted by molar-refractivity contribution is 0.0944. The van der Waals surface area contributed by atoms with E-state index >= 15 is 0 Å². The Hall–Kier alpha value is -1.71. The largest absolute Gasteiger partial charge is 0.397 e. The van der Waals surface area contributed by atoms with Crippen LogP contribution in [0.1, 0.15) is 55.9 Å². The molecule has 1 heterocycles. The Morgan fingerprint density at radius 2 is 2.30 bits per heavy atom. The maximum absolute atomic E-state index is 12.2. The van der Waals surface area contributed by atoms with E-state index in [9.17, 15) is 4.79 Å². The monoisotopic (exact) mass is 275 g/mol. The van der Waals surface area contributed by atoms with Gasteiger partial charge in [0.2, 0.25) is 0 Å². The number of anilines is 1. The van der Waals surface area contributed by atoms with Gasteiger partial charge in [-0.15, -0.1) is 0 Å². The van der Waals surface area contributed by atoms with Crippen molar-refractivity contribution in [3.8, 4) is 0 Å². The number of carbonyl (C=O) groups is 1. The number of allylic oxidation sites excluding steroid dienone is 1. The van der Waals surface area contributed by atoms with Crippen LogP contribution in [0.25, 0.3) is 0 Å². The van der Waals surface area contributed by atoms with Gasteiger partial charge in [0.1, 0.15) is 5.69 Å². The molecule has 110 valence electrons. The smallest absolute Gasteiger partial charge is 0.267 e. The van der Waals surface area contributed by atoms with Crippen molar-refractivity contribution in [2.24, 2.45) is 0 Å². The van der Waals surface area contributed by atoms with Gasteiger partial charge in [0.15, 0.2) is 0 Å². The molecule has 0 aromatic carbocycles. The second-order valence-electron chi connectivity index (χ2n) is 5.47. The van der Waals surface area contributed by atoms with E-state index in [2.05, 4.69) is 18.3 Å². The number of carbonyl (C=O) groups excluding carboxylic acids is 1. The van der Waals surface area contributed by atoms with Gasteiger partial charge in [-0.2, -0.15) is 0 Å². The molecule has 0 spiro atoms. The molecule has 20 heavy (non-hydrogen) atoms. The number of nitrogens with zero attached hydrogens (tertiary/aromatic N) is 1. The van der Waals surface area contributed by atoms with E-state index in [1.807, 2.05) is 10.8 Å². The third kappa shape index (κ3) is 3.89. The molecule has 1 aromatic heterocycles. The SMILES string of the molecule is CCCn1cc(N)cc1C(=O)NCCC1=CCCCC1. The highest BCUT2D eigenvalue weighted by Gasteiger charge is 2.12. The lowest BCUT2D eigenvalue weighted by Crippen LogP contribution is -2.27. The van der Waals surface area contributed by atoms with Crippen molar-refractivity contribution in [3.63, 3.8) is 0 Å². The first-order valence-electron chi connectivity index (χ1n) is 7.62. The number of nitrogen functional groups attached to an aromatic ring is 1. The summed E-state index contributed by atoms with van der Waals surface area (Å²) in [6.45, 7) is 3.63. The Morgan fingerprint density at radius 3 is 3.00 bits per heavy atom. The van der Waals surface area contributed by atoms with E-state index in [1.165, 1.54) is 31.3 Å². The van der Waals surface area contributed by atoms with Gasteiger partial charge in [-0.05, 0) is 44.6 Å². The lowest BCUT2D eigenvalue weighted by Gasteiger charge is -2.13. The molecule has 0 saturated heterocycles. The van der Waals surface area contributed by atoms with Crippen LogP contribution in [-0.4, -0.2) is 17.0 Å². The zero-order chi connectivity index (χ0) is 14.4. The molecule has 1 aliphatic rings. The van der Waals surface area contributed by atoms with Gasteiger partial charge in [0, 0.05) is 19.3 Å². The van der Waals surface area contributed by atoms with Crippen molar-refractivity contribution in [2.75, 3.05) is 12.3 Å². The van der Waals surface area contributed by atoms with E-state index in [4.69, 9.17) is 5.73 Å². The number of rotatable bonds is 6. The topological polar surface area (TPSA) is 60.0 Å². The molecule has 2 rings (SSSR count). The zero-order valence-corrected chi connectivity index (χ0v) is 12.3. The number of nitrogens with two attached hydrogens (primary N) is 1. The van der Waals surface area contributed by atoms with Crippen LogP contribution in [0.2, 0.25) is 0 Å². The summed E-state index contributed by atoms with van der Waals surface area (Å²) < 4.78 is 1.94. The number of aryl methyl sites for hydroxylation is 1. The molecule has 0 radical (unpaired) electrons. The fraction of sp³-hybridized carbons (Fsp3) is 0.562. The normalized spacial score (nSPS) is 14.9. The highest BCUT2D eigenvalue weighted by atomic mass is 16.1. The Bertz CT molecular complexity index is 488. The van der Waals surface area contributed by atoms with Gasteiger partial charge < -0.3 is 15.6 Å². The Labute approximate surface area is 121 Å². The average Bonchev–Trinajstić information content (AvgIpc) is 2.81. The molecular weight excluding hydrogens is 250 g/mol. The van der Waals surface area contributed by atoms with E-state index in [1.54, 1.807) is 6.07 Å². The molecule has 0 bridgehead atoms. The molecule has 0 saturated carbocycles. The van der Waals surface area contributed by atoms with E-state index in [0.717, 1.165) is 19.4 Å². The Balaban J connectivity index is 1.86. The quantitative estimate of drug-likeness (QED) is 0.784. The lowest BCUT2D eigenvalue weighted by atomic mass is 9.97. The molecule has 1 amide bonds. The van der Waals surface area contributed by atoms with Crippen LogP contribution >= 0.6 is 0 Å². The fourth-order valence-corrected chi connectivity index (χ4v) is 2.71. The van der Waals surface area contributed by atoms with Gasteiger partial charge in [0.05, 0.1) is 5.69 Å². The van der Waals surface area contributed by atoms with E-state index < -0.39 is 0 Å². The van der Waals surface area contributed by atoms with Crippen LogP contribution in [-0.2, 0) is 6.54 Å². The van der Waals surface area contributed by atoms with Gasteiger partial charge in [-0.1, -0.05) is 18.6 Å². The van der Waals surface area contributed by atoms with Crippen LogP contribution in [0, 0.1) is 0 Å². The number of hydrogen-bond donors (Lipinski definition) is 2. The summed E-state index contributed by atoms with van der Waals surface area (Å²) in [6.07, 6.45) is 11.1. The molecular formula is C16H25N3O. The van der Waals surface area contributed by atoms with Crippen molar-refractivity contribution in [2.45, 2.75) is 52.0 Å². The first-order chi connectivity index (χ1) is 9.70. The standard InChI is InChI=1S/C16H25N3O/c1-2-10-19-12-14(17)11-15(19)16(20)18-9-8-13-6-4-3-5-7-13/h6,11-12H,2-5,7-10,17H2,1H3,(H,18,20). The van der Waals surface area contributed by atoms with Crippen molar-refractivity contribution in [3.05, 3.63) is 29.6 Å². The van der Waals surface area contributed by atoms with E-state index in [-0.39, 0.29) is 5.91 Å². The molecule has 0 atom stereocenters. The summed E-state index contributed by atoms with van der Waals surface area (Å²) in [4.78, 5) is 12.2. The van der Waals surface area contributed by atoms with Crippen LogP contribution < -0.4 is 11.1 Å². The summed E-state index contributed by atoms with van der Waals surface area (Å²) in [5.41, 5.74) is 8.59. The first-order valence-corrected chi connectivity index (χ1v) is 7.62. The van der Waals surface area contributed by atoms with Crippen LogP contribution in [0.5, 0.6) is 0 Å². The number of aromatic nitrogens is 1. The highest BCUT2D eigenvalue weighted by molar-refractivity contribution is 5.93. The molecule has 0 unspecified atom stereocenters. The van der Waals surface area contributed by atoms with Crippen molar-refractivity contribution in [1.82, 2.24) is 9.88 Å². The van der Waals surface area contributed by atoms with Gasteiger partial charge in [-0.3, -0.25) is 4.79 Å². The second kappa shape index (κ2) is 7.17. The second-order valence-corrected chi connectivity index (χ2v) is 5.47. The maximum atomic E-state index is 12.2. The predicted molar refractivity (Wildman–Crippen MR) is 82.6 cm³/mol. The van der Waals surface area contributed by atoms with Gasteiger partial charge in [0.25, 0.3) is 5.91 Å². The van der Waals surface area contributed by atoms with Gasteiger partial charge >= 0.3 is 0 Å². The fourth-order valence-electron chi connectivity index (χ4n) is 2.71. The summed E-state index contributed by atoms with van der Waals surface area (Å²) in [7, 11) is 0. The number of nitrogens with one attached hydrogen (secondary N) is 1. The van der Waals surface area contributed by atoms with Crippen LogP contribution in [0.3, 0.4) is 0 Å². The highest BCUT2D eigenvalue weighted by Crippen LogP contribution is 2.19. The van der Waals surface area contributed by atoms with Crippen LogP contribution in [0.4, 0.5) is 5.69 Å². The average molecular weight is 275 g/mol. The summed E-state index contributed by atoms with van der Waals surface area (Å²) in [6, 6.07) is 1.75. The minimum atomic E-state index is -0.0217. The molecule has 4 heteroatoms. The molecule has 4 nitrogen and oxygen atoms in total. The van der Waals surface area contributed by atoms with Crippen LogP contribution in [0.15, 0.2) is 23.9 Å². The minimum absolute atomic E-state index is 0.0217. The minimum Gasteiger partial charge on any atom is -0.397 e. The third-order valence-corrected chi connectivity index (χ3v) is 3.73. The maximum Gasteiger partial charge on any atom is 0.267 e. The zero-order valence-electron chi connectivity index (χ0n) is 12.3.